The predicted molar refractivity (Wildman–Crippen MR) is 90.8 cm³/mol. The first-order valence-electron chi connectivity index (χ1n) is 6.97. The number of rotatable bonds is 2. The predicted octanol–water partition coefficient (Wildman–Crippen LogP) is 3.91. The van der Waals surface area contributed by atoms with Crippen LogP contribution in [0.3, 0.4) is 0 Å². The van der Waals surface area contributed by atoms with Gasteiger partial charge in [0, 0.05) is 28.1 Å². The fourth-order valence-electron chi connectivity index (χ4n) is 2.86. The molecule has 0 aliphatic carbocycles. The molecule has 0 amide bonds. The third-order valence-electron chi connectivity index (χ3n) is 4.12. The van der Waals surface area contributed by atoms with Gasteiger partial charge in [-0.15, -0.1) is 0 Å². The lowest BCUT2D eigenvalue weighted by atomic mass is 10.1. The molecule has 1 aliphatic heterocycles. The first-order chi connectivity index (χ1) is 10.4. The van der Waals surface area contributed by atoms with Crippen molar-refractivity contribution in [3.05, 3.63) is 58.2 Å². The third-order valence-corrected chi connectivity index (χ3v) is 4.65. The van der Waals surface area contributed by atoms with Crippen LogP contribution in [0.2, 0.25) is 0 Å². The van der Waals surface area contributed by atoms with Crippen molar-refractivity contribution in [2.45, 2.75) is 6.42 Å². The summed E-state index contributed by atoms with van der Waals surface area (Å²) in [5, 5.41) is 29.8. The van der Waals surface area contributed by atoms with E-state index in [0.29, 0.717) is 4.48 Å². The normalized spacial score (nSPS) is 20.9. The summed E-state index contributed by atoms with van der Waals surface area (Å²) >= 11 is 3.37. The molecule has 0 radical (unpaired) electrons. The minimum atomic E-state index is -0.137. The van der Waals surface area contributed by atoms with Crippen LogP contribution in [-0.4, -0.2) is 28.9 Å². The number of halogens is 1. The van der Waals surface area contributed by atoms with Gasteiger partial charge in [-0.05, 0) is 30.3 Å². The smallest absolute Gasteiger partial charge is 0.177 e. The minimum Gasteiger partial charge on any atom is -0.504 e. The van der Waals surface area contributed by atoms with Crippen molar-refractivity contribution < 1.29 is 15.3 Å². The summed E-state index contributed by atoms with van der Waals surface area (Å²) in [7, 11) is 1.97. The van der Waals surface area contributed by atoms with Gasteiger partial charge >= 0.3 is 0 Å². The lowest BCUT2D eigenvalue weighted by Crippen LogP contribution is -2.37. The van der Waals surface area contributed by atoms with Crippen LogP contribution in [0.15, 0.2) is 47.1 Å². The van der Waals surface area contributed by atoms with Gasteiger partial charge < -0.3 is 15.3 Å². The van der Waals surface area contributed by atoms with Crippen molar-refractivity contribution in [2.24, 2.45) is 0 Å². The fourth-order valence-corrected chi connectivity index (χ4v) is 3.12. The number of aromatic hydroxyl groups is 2. The summed E-state index contributed by atoms with van der Waals surface area (Å²) in [4.78, 5) is 0. The molecule has 1 aliphatic rings. The minimum absolute atomic E-state index is 0.103. The molecule has 2 aromatic rings. The van der Waals surface area contributed by atoms with Crippen LogP contribution in [0.1, 0.15) is 11.1 Å². The van der Waals surface area contributed by atoms with Crippen LogP contribution in [0, 0.1) is 0 Å². The van der Waals surface area contributed by atoms with Gasteiger partial charge in [0.05, 0.1) is 13.6 Å². The number of phenols is 2. The van der Waals surface area contributed by atoms with Crippen LogP contribution in [0.4, 0.5) is 5.69 Å². The van der Waals surface area contributed by atoms with Crippen molar-refractivity contribution in [1.29, 1.82) is 0 Å². The zero-order valence-corrected chi connectivity index (χ0v) is 13.7. The van der Waals surface area contributed by atoms with E-state index in [0.717, 1.165) is 34.3 Å². The van der Waals surface area contributed by atoms with E-state index >= 15 is 0 Å². The standard InChI is InChI=1S/C17H16BrNO3/c1-19(10-17(22)11-2-4-13(18)5-3-11)7-6-12-8-15(20)16(21)9-14(12)19/h2-5,8-10H,6-7H2,1H3,(H2-,20,21,22)/p+1/b17-10-. The third kappa shape index (κ3) is 2.58. The Bertz CT molecular complexity index is 755. The monoisotopic (exact) mass is 362 g/mol. The van der Waals surface area contributed by atoms with E-state index in [1.165, 1.54) is 0 Å². The highest BCUT2D eigenvalue weighted by atomic mass is 79.9. The second-order valence-electron chi connectivity index (χ2n) is 5.73. The number of aliphatic hydroxyl groups is 1. The molecule has 1 heterocycles. The average molecular weight is 363 g/mol. The number of quaternary nitrogens is 1. The topological polar surface area (TPSA) is 60.7 Å². The first kappa shape index (κ1) is 14.9. The number of benzene rings is 2. The Morgan fingerprint density at radius 3 is 2.45 bits per heavy atom. The van der Waals surface area contributed by atoms with Gasteiger partial charge in [-0.25, -0.2) is 0 Å². The molecule has 3 rings (SSSR count). The molecule has 4 nitrogen and oxygen atoms in total. The molecule has 0 saturated heterocycles. The maximum atomic E-state index is 10.4. The molecule has 3 N–H and O–H groups in total. The fraction of sp³-hybridized carbons (Fsp3) is 0.176. The lowest BCUT2D eigenvalue weighted by Gasteiger charge is -2.25. The van der Waals surface area contributed by atoms with E-state index in [-0.39, 0.29) is 17.3 Å². The zero-order valence-electron chi connectivity index (χ0n) is 12.1. The highest BCUT2D eigenvalue weighted by molar-refractivity contribution is 9.10. The van der Waals surface area contributed by atoms with Crippen molar-refractivity contribution in [1.82, 2.24) is 4.48 Å². The molecule has 0 spiro atoms. The second-order valence-corrected chi connectivity index (χ2v) is 6.65. The van der Waals surface area contributed by atoms with Gasteiger partial charge in [-0.2, -0.15) is 0 Å². The van der Waals surface area contributed by atoms with Gasteiger partial charge in [-0.1, -0.05) is 15.9 Å². The number of hydrogen-bond acceptors (Lipinski definition) is 3. The Hall–Kier alpha value is -1.98. The van der Waals surface area contributed by atoms with Gasteiger partial charge in [0.2, 0.25) is 0 Å². The quantitative estimate of drug-likeness (QED) is 0.431. The number of aliphatic hydroxyl groups excluding tert-OH is 1. The molecule has 5 heteroatoms. The van der Waals surface area contributed by atoms with Crippen molar-refractivity contribution in [3.8, 4) is 11.5 Å². The lowest BCUT2D eigenvalue weighted by molar-refractivity contribution is 0.401. The Labute approximate surface area is 137 Å². The molecular weight excluding hydrogens is 346 g/mol. The van der Waals surface area contributed by atoms with Crippen LogP contribution >= 0.6 is 15.9 Å². The molecule has 1 atom stereocenters. The SMILES string of the molecule is C[N+]1(/C=C(\O)c2ccc(Br)cc2)CCc2cc(O)c(O)cc21. The van der Waals surface area contributed by atoms with Crippen molar-refractivity contribution in [3.63, 3.8) is 0 Å². The molecular formula is C17H17BrNO3+. The number of phenolic OH excluding ortho intramolecular Hbond substituents is 2. The summed E-state index contributed by atoms with van der Waals surface area (Å²) in [6, 6.07) is 10.6. The molecule has 1 unspecified atom stereocenters. The van der Waals surface area contributed by atoms with Crippen LogP contribution in [0.5, 0.6) is 11.5 Å². The van der Waals surface area contributed by atoms with Gasteiger partial charge in [-0.3, -0.25) is 4.48 Å². The zero-order chi connectivity index (χ0) is 15.9. The van der Waals surface area contributed by atoms with E-state index in [2.05, 4.69) is 15.9 Å². The summed E-state index contributed by atoms with van der Waals surface area (Å²) in [5.74, 6) is -0.0507. The Kier molecular flexibility index (Phi) is 3.62. The molecule has 0 bridgehead atoms. The maximum absolute atomic E-state index is 10.4. The Morgan fingerprint density at radius 2 is 1.77 bits per heavy atom. The molecule has 22 heavy (non-hydrogen) atoms. The second kappa shape index (κ2) is 5.34. The van der Waals surface area contributed by atoms with Crippen molar-refractivity contribution >= 4 is 27.4 Å². The summed E-state index contributed by atoms with van der Waals surface area (Å²) in [6.45, 7) is 0.763. The van der Waals surface area contributed by atoms with E-state index in [1.54, 1.807) is 18.3 Å². The molecule has 2 aromatic carbocycles. The number of nitrogens with zero attached hydrogens (tertiary/aromatic N) is 1. The first-order valence-corrected chi connectivity index (χ1v) is 7.77. The number of fused-ring (bicyclic) bond motifs is 1. The van der Waals surface area contributed by atoms with E-state index in [4.69, 9.17) is 0 Å². The summed E-state index contributed by atoms with van der Waals surface area (Å²) in [6.07, 6.45) is 2.55. The van der Waals surface area contributed by atoms with E-state index in [1.807, 2.05) is 31.3 Å². The van der Waals surface area contributed by atoms with E-state index in [9.17, 15) is 15.3 Å². The Balaban J connectivity index is 2.01. The maximum Gasteiger partial charge on any atom is 0.177 e. The molecule has 0 saturated carbocycles. The van der Waals surface area contributed by atoms with Crippen LogP contribution < -0.4 is 4.48 Å². The van der Waals surface area contributed by atoms with Crippen molar-refractivity contribution in [2.75, 3.05) is 13.6 Å². The summed E-state index contributed by atoms with van der Waals surface area (Å²) < 4.78 is 1.33. The number of likely N-dealkylation sites (N-methyl/N-ethyl adjacent to an activating group) is 1. The van der Waals surface area contributed by atoms with Gasteiger partial charge in [0.25, 0.3) is 0 Å². The van der Waals surface area contributed by atoms with Crippen LogP contribution in [0.25, 0.3) is 5.76 Å². The van der Waals surface area contributed by atoms with Crippen LogP contribution in [-0.2, 0) is 6.42 Å². The number of hydrogen-bond donors (Lipinski definition) is 3. The highest BCUT2D eigenvalue weighted by Gasteiger charge is 2.35. The van der Waals surface area contributed by atoms with E-state index < -0.39 is 0 Å². The largest absolute Gasteiger partial charge is 0.504 e. The molecule has 114 valence electrons. The molecule has 0 fully saturated rings. The average Bonchev–Trinajstić information content (AvgIpc) is 2.77. The highest BCUT2D eigenvalue weighted by Crippen LogP contribution is 2.41. The molecule has 0 aromatic heterocycles. The van der Waals surface area contributed by atoms with Gasteiger partial charge in [0.15, 0.2) is 17.3 Å². The summed E-state index contributed by atoms with van der Waals surface area (Å²) in [5.41, 5.74) is 2.61. The Morgan fingerprint density at radius 1 is 1.14 bits per heavy atom. The van der Waals surface area contributed by atoms with Gasteiger partial charge in [0.1, 0.15) is 11.9 Å².